The molecule has 0 aromatic carbocycles. The van der Waals surface area contributed by atoms with Crippen molar-refractivity contribution in [2.75, 3.05) is 19.8 Å². The van der Waals surface area contributed by atoms with E-state index in [1.54, 1.807) is 19.1 Å². The largest absolute Gasteiger partial charge is 0.464 e. The summed E-state index contributed by atoms with van der Waals surface area (Å²) < 4.78 is 38.4. The van der Waals surface area contributed by atoms with Crippen LogP contribution in [0, 0.1) is 18.8 Å². The molecule has 0 saturated heterocycles. The van der Waals surface area contributed by atoms with Crippen molar-refractivity contribution in [3.63, 3.8) is 0 Å². The van der Waals surface area contributed by atoms with Crippen LogP contribution in [0.25, 0.3) is 0 Å². The van der Waals surface area contributed by atoms with Gasteiger partial charge in [0.2, 0.25) is 0 Å². The van der Waals surface area contributed by atoms with Crippen LogP contribution in [0.15, 0.2) is 27.9 Å². The van der Waals surface area contributed by atoms with Gasteiger partial charge in [0.05, 0.1) is 19.8 Å². The summed E-state index contributed by atoms with van der Waals surface area (Å²) in [4.78, 5) is 52.5. The smallest absolute Gasteiger partial charge is 0.342 e. The lowest BCUT2D eigenvalue weighted by Gasteiger charge is -2.35. The summed E-state index contributed by atoms with van der Waals surface area (Å²) in [6.45, 7) is 15.9. The van der Waals surface area contributed by atoms with E-state index >= 15 is 0 Å². The minimum atomic E-state index is -4.19. The van der Waals surface area contributed by atoms with Crippen LogP contribution in [-0.2, 0) is 32.9 Å². The van der Waals surface area contributed by atoms with Crippen molar-refractivity contribution in [3.8, 4) is 0 Å². The third-order valence-electron chi connectivity index (χ3n) is 7.73. The second kappa shape index (κ2) is 16.1. The molecule has 14 heteroatoms. The van der Waals surface area contributed by atoms with Crippen molar-refractivity contribution in [3.05, 3.63) is 44.8 Å². The van der Waals surface area contributed by atoms with E-state index in [0.717, 1.165) is 25.7 Å². The average Bonchev–Trinajstić information content (AvgIpc) is 3.43. The second-order valence-electron chi connectivity index (χ2n) is 12.3. The van der Waals surface area contributed by atoms with Crippen molar-refractivity contribution in [2.45, 2.75) is 111 Å². The van der Waals surface area contributed by atoms with E-state index in [0.29, 0.717) is 5.56 Å². The summed E-state index contributed by atoms with van der Waals surface area (Å²) in [5, 5.41) is 5.56. The van der Waals surface area contributed by atoms with Gasteiger partial charge in [0.1, 0.15) is 17.2 Å². The molecule has 1 aromatic rings. The van der Waals surface area contributed by atoms with Crippen LogP contribution in [0.1, 0.15) is 92.9 Å². The van der Waals surface area contributed by atoms with Crippen molar-refractivity contribution < 1.29 is 32.9 Å². The van der Waals surface area contributed by atoms with Crippen LogP contribution in [0.5, 0.6) is 0 Å². The highest BCUT2D eigenvalue weighted by Crippen LogP contribution is 2.44. The topological polar surface area (TPSA) is 167 Å². The molecule has 0 amide bonds. The minimum absolute atomic E-state index is 0.192. The normalized spacial score (nSPS) is 17.4. The molecule has 0 spiro atoms. The Hall–Kier alpha value is -2.57. The zero-order valence-corrected chi connectivity index (χ0v) is 28.5. The summed E-state index contributed by atoms with van der Waals surface area (Å²) in [5.41, 5.74) is -3.75. The summed E-state index contributed by atoms with van der Waals surface area (Å²) in [5.74, 6) is -0.876. The molecule has 1 aliphatic heterocycles. The zero-order valence-electron chi connectivity index (χ0n) is 27.6. The van der Waals surface area contributed by atoms with E-state index in [4.69, 9.17) is 18.7 Å². The molecule has 0 saturated carbocycles. The number of hydrogen-bond donors (Lipinski definition) is 3. The lowest BCUT2D eigenvalue weighted by Crippen LogP contribution is -2.54. The predicted octanol–water partition coefficient (Wildman–Crippen LogP) is 4.12. The Morgan fingerprint density at radius 1 is 0.932 bits per heavy atom. The van der Waals surface area contributed by atoms with Crippen molar-refractivity contribution in [1.82, 2.24) is 19.7 Å². The Kier molecular flexibility index (Phi) is 13.8. The number of hydrogen-bond acceptors (Lipinski definition) is 9. The Morgan fingerprint density at radius 2 is 1.41 bits per heavy atom. The fourth-order valence-corrected chi connectivity index (χ4v) is 6.61. The molecular formula is C30H51N4O9P. The van der Waals surface area contributed by atoms with Crippen molar-refractivity contribution >= 4 is 19.6 Å². The van der Waals surface area contributed by atoms with Crippen LogP contribution in [0.3, 0.4) is 0 Å². The van der Waals surface area contributed by atoms with Gasteiger partial charge in [0, 0.05) is 11.8 Å². The molecule has 0 unspecified atom stereocenters. The van der Waals surface area contributed by atoms with Gasteiger partial charge in [-0.25, -0.2) is 15.0 Å². The summed E-state index contributed by atoms with van der Waals surface area (Å²) in [6, 6.07) is 0. The maximum absolute atomic E-state index is 14.4. The first-order chi connectivity index (χ1) is 20.5. The number of carbonyl (C=O) groups excluding carboxylic acids is 2. The van der Waals surface area contributed by atoms with E-state index in [-0.39, 0.29) is 31.7 Å². The minimum Gasteiger partial charge on any atom is -0.464 e. The van der Waals surface area contributed by atoms with Gasteiger partial charge in [-0.15, -0.1) is 0 Å². The number of aryl methyl sites for hydroxylation is 1. The molecule has 1 aromatic heterocycles. The molecular weight excluding hydrogens is 591 g/mol. The van der Waals surface area contributed by atoms with Gasteiger partial charge < -0.3 is 18.7 Å². The Bertz CT molecular complexity index is 1270. The molecule has 250 valence electrons. The van der Waals surface area contributed by atoms with E-state index < -0.39 is 54.3 Å². The average molecular weight is 643 g/mol. The summed E-state index contributed by atoms with van der Waals surface area (Å²) in [6.07, 6.45) is 6.42. The highest BCUT2D eigenvalue weighted by molar-refractivity contribution is 7.54. The van der Waals surface area contributed by atoms with Gasteiger partial charge >= 0.3 is 25.3 Å². The first-order valence-corrected chi connectivity index (χ1v) is 17.0. The Labute approximate surface area is 260 Å². The molecule has 2 rings (SSSR count). The highest BCUT2D eigenvalue weighted by atomic mass is 31.2. The number of rotatable bonds is 18. The van der Waals surface area contributed by atoms with E-state index in [1.807, 2.05) is 27.7 Å². The van der Waals surface area contributed by atoms with E-state index in [1.165, 1.54) is 38.5 Å². The molecule has 13 nitrogen and oxygen atoms in total. The number of ether oxygens (including phenoxy) is 3. The van der Waals surface area contributed by atoms with Gasteiger partial charge in [0.25, 0.3) is 5.56 Å². The number of carbonyl (C=O) groups is 2. The van der Waals surface area contributed by atoms with Crippen LogP contribution in [-0.4, -0.2) is 58.5 Å². The molecule has 2 heterocycles. The third kappa shape index (κ3) is 10.5. The lowest BCUT2D eigenvalue weighted by molar-refractivity contribution is -0.151. The molecule has 0 bridgehead atoms. The molecule has 0 radical (unpaired) electrons. The van der Waals surface area contributed by atoms with Gasteiger partial charge in [-0.1, -0.05) is 59.5 Å². The first-order valence-electron chi connectivity index (χ1n) is 15.3. The fourth-order valence-electron chi connectivity index (χ4n) is 4.41. The first kappa shape index (κ1) is 37.6. The number of aromatic amines is 1. The monoisotopic (exact) mass is 642 g/mol. The Morgan fingerprint density at radius 3 is 1.86 bits per heavy atom. The number of H-pyrrole nitrogens is 1. The number of nitrogens with zero attached hydrogens (tertiary/aromatic N) is 1. The quantitative estimate of drug-likeness (QED) is 0.120. The number of nitrogens with one attached hydrogen (secondary N) is 3. The van der Waals surface area contributed by atoms with Crippen molar-refractivity contribution in [1.29, 1.82) is 0 Å². The van der Waals surface area contributed by atoms with Crippen molar-refractivity contribution in [2.24, 2.45) is 11.8 Å². The fraction of sp³-hybridized carbons (Fsp3) is 0.733. The van der Waals surface area contributed by atoms with E-state index in [9.17, 15) is 23.7 Å². The van der Waals surface area contributed by atoms with Gasteiger partial charge in [-0.3, -0.25) is 28.5 Å². The van der Waals surface area contributed by atoms with Gasteiger partial charge in [-0.05, 0) is 52.5 Å². The third-order valence-corrected chi connectivity index (χ3v) is 9.95. The standard InChI is InChI=1S/C30H51N4O9P/c1-10-21(11-2)17-40-26(36)29(6,7)32-44(39,33-30(8,9)27(37)41-18-22(12-3)13-4)42-19-23-14-15-24(43-23)34-16-20(5)25(35)31-28(34)38/h14-16,21-24H,10-13,17-19H2,1-9H3,(H,31,35,38)(H2,32,33,39)/t23-,24+/m0/s1. The second-order valence-corrected chi connectivity index (χ2v) is 14.1. The van der Waals surface area contributed by atoms with Crippen LogP contribution in [0.2, 0.25) is 0 Å². The van der Waals surface area contributed by atoms with Gasteiger partial charge in [0.15, 0.2) is 6.23 Å². The highest BCUT2D eigenvalue weighted by Gasteiger charge is 2.44. The summed E-state index contributed by atoms with van der Waals surface area (Å²) in [7, 11) is -4.19. The zero-order chi connectivity index (χ0) is 33.3. The van der Waals surface area contributed by atoms with Crippen LogP contribution in [0.4, 0.5) is 0 Å². The molecule has 2 atom stereocenters. The van der Waals surface area contributed by atoms with E-state index in [2.05, 4.69) is 15.2 Å². The molecule has 3 N–H and O–H groups in total. The lowest BCUT2D eigenvalue weighted by atomic mass is 10.0. The van der Waals surface area contributed by atoms with Gasteiger partial charge in [-0.2, -0.15) is 0 Å². The molecule has 0 aliphatic carbocycles. The Balaban J connectivity index is 2.24. The SMILES string of the molecule is CCC(CC)COC(=O)C(C)(C)NP(=O)(NC(C)(C)C(=O)OCC(CC)CC)OC[C@@H]1C=C[C@H](n2cc(C)c(=O)[nH]c2=O)O1. The summed E-state index contributed by atoms with van der Waals surface area (Å²) >= 11 is 0. The maximum Gasteiger partial charge on any atom is 0.342 e. The van der Waals surface area contributed by atoms with Crippen LogP contribution < -0.4 is 21.4 Å². The van der Waals surface area contributed by atoms with Crippen LogP contribution >= 0.6 is 7.67 Å². The number of aromatic nitrogens is 2. The maximum atomic E-state index is 14.4. The predicted molar refractivity (Wildman–Crippen MR) is 167 cm³/mol. The number of esters is 2. The molecule has 1 aliphatic rings. The molecule has 44 heavy (non-hydrogen) atoms. The molecule has 0 fully saturated rings.